The summed E-state index contributed by atoms with van der Waals surface area (Å²) in [6, 6.07) is 20.4. The number of primary amides is 1. The van der Waals surface area contributed by atoms with Gasteiger partial charge >= 0.3 is 0 Å². The third-order valence-corrected chi connectivity index (χ3v) is 6.02. The van der Waals surface area contributed by atoms with Gasteiger partial charge in [-0.05, 0) is 43.2 Å². The predicted octanol–water partition coefficient (Wildman–Crippen LogP) is 4.00. The van der Waals surface area contributed by atoms with Crippen LogP contribution < -0.4 is 5.73 Å². The quantitative estimate of drug-likeness (QED) is 0.748. The van der Waals surface area contributed by atoms with Crippen LogP contribution in [0.3, 0.4) is 0 Å². The first-order valence-corrected chi connectivity index (χ1v) is 9.53. The van der Waals surface area contributed by atoms with E-state index in [9.17, 15) is 4.79 Å². The van der Waals surface area contributed by atoms with E-state index >= 15 is 0 Å². The van der Waals surface area contributed by atoms with Gasteiger partial charge in [-0.1, -0.05) is 60.7 Å². The molecule has 1 amide bonds. The van der Waals surface area contributed by atoms with Crippen molar-refractivity contribution in [1.29, 1.82) is 0 Å². The molecule has 0 bridgehead atoms. The number of carbonyl (C=O) groups excluding carboxylic acids is 1. The maximum Gasteiger partial charge on any atom is 0.232 e. The van der Waals surface area contributed by atoms with Crippen LogP contribution in [0, 0.1) is 12.8 Å². The molecular weight excluding hydrogens is 334 g/mol. The van der Waals surface area contributed by atoms with Gasteiger partial charge in [0.25, 0.3) is 0 Å². The van der Waals surface area contributed by atoms with Crippen LogP contribution in [0.15, 0.2) is 73.2 Å². The fourth-order valence-corrected chi connectivity index (χ4v) is 4.79. The van der Waals surface area contributed by atoms with Crippen molar-refractivity contribution in [1.82, 2.24) is 9.55 Å². The highest BCUT2D eigenvalue weighted by atomic mass is 16.1. The zero-order valence-electron chi connectivity index (χ0n) is 15.6. The number of nitrogens with zero attached hydrogens (tertiary/aromatic N) is 2. The fraction of sp³-hybridized carbons (Fsp3) is 0.304. The molecule has 0 radical (unpaired) electrons. The summed E-state index contributed by atoms with van der Waals surface area (Å²) in [5, 5.41) is 0. The van der Waals surface area contributed by atoms with Crippen LogP contribution in [0.2, 0.25) is 0 Å². The molecule has 0 spiro atoms. The molecule has 2 N–H and O–H groups in total. The average molecular weight is 359 g/mol. The second-order valence-corrected chi connectivity index (χ2v) is 7.53. The Morgan fingerprint density at radius 3 is 2.11 bits per heavy atom. The molecule has 2 atom stereocenters. The summed E-state index contributed by atoms with van der Waals surface area (Å²) in [5.74, 6) is -0.125. The molecule has 27 heavy (non-hydrogen) atoms. The number of hydrogen-bond donors (Lipinski definition) is 1. The number of nitrogens with two attached hydrogens (primary N) is 1. The lowest BCUT2D eigenvalue weighted by molar-refractivity contribution is -0.123. The topological polar surface area (TPSA) is 60.9 Å². The molecule has 1 heterocycles. The van der Waals surface area contributed by atoms with Crippen molar-refractivity contribution >= 4 is 5.91 Å². The molecule has 2 aromatic carbocycles. The molecule has 1 fully saturated rings. The monoisotopic (exact) mass is 359 g/mol. The Labute approximate surface area is 160 Å². The summed E-state index contributed by atoms with van der Waals surface area (Å²) in [4.78, 5) is 17.4. The van der Waals surface area contributed by atoms with E-state index in [-0.39, 0.29) is 11.8 Å². The summed E-state index contributed by atoms with van der Waals surface area (Å²) < 4.78 is 2.19. The van der Waals surface area contributed by atoms with Crippen LogP contribution in [0.25, 0.3) is 0 Å². The highest BCUT2D eigenvalue weighted by molar-refractivity contribution is 5.91. The molecule has 1 aliphatic rings. The summed E-state index contributed by atoms with van der Waals surface area (Å²) in [5.41, 5.74) is 8.32. The minimum absolute atomic E-state index is 0.146. The van der Waals surface area contributed by atoms with Gasteiger partial charge in [-0.15, -0.1) is 0 Å². The molecule has 4 rings (SSSR count). The average Bonchev–Trinajstić information content (AvgIpc) is 3.33. The first kappa shape index (κ1) is 17.5. The first-order valence-electron chi connectivity index (χ1n) is 9.53. The van der Waals surface area contributed by atoms with E-state index in [4.69, 9.17) is 5.73 Å². The lowest BCUT2D eigenvalue weighted by Crippen LogP contribution is -2.47. The van der Waals surface area contributed by atoms with Gasteiger partial charge in [-0.25, -0.2) is 4.98 Å². The molecular formula is C23H25N3O. The van der Waals surface area contributed by atoms with Crippen LogP contribution >= 0.6 is 0 Å². The zero-order chi connectivity index (χ0) is 18.9. The summed E-state index contributed by atoms with van der Waals surface area (Å²) >= 11 is 0. The third kappa shape index (κ3) is 2.95. The smallest absolute Gasteiger partial charge is 0.232 e. The maximum absolute atomic E-state index is 13.1. The molecule has 4 nitrogen and oxygen atoms in total. The Hall–Kier alpha value is -2.88. The van der Waals surface area contributed by atoms with E-state index < -0.39 is 5.41 Å². The first-order chi connectivity index (χ1) is 13.1. The Morgan fingerprint density at radius 2 is 1.63 bits per heavy atom. The molecule has 138 valence electrons. The van der Waals surface area contributed by atoms with Crippen molar-refractivity contribution in [2.45, 2.75) is 37.6 Å². The van der Waals surface area contributed by atoms with Crippen LogP contribution in [-0.2, 0) is 10.2 Å². The van der Waals surface area contributed by atoms with Gasteiger partial charge < -0.3 is 10.3 Å². The van der Waals surface area contributed by atoms with Gasteiger partial charge in [0.1, 0.15) is 5.41 Å². The van der Waals surface area contributed by atoms with Gasteiger partial charge in [-0.2, -0.15) is 0 Å². The normalized spacial score (nSPS) is 19.9. The SMILES string of the molecule is Cc1cn(C2CCC(C(C(N)=O)(c3ccccc3)c3ccccc3)C2)cn1. The Bertz CT molecular complexity index is 878. The van der Waals surface area contributed by atoms with Crippen LogP contribution in [0.1, 0.15) is 42.1 Å². The molecule has 1 aromatic heterocycles. The van der Waals surface area contributed by atoms with Crippen molar-refractivity contribution in [3.05, 3.63) is 90.0 Å². The highest BCUT2D eigenvalue weighted by Gasteiger charge is 2.49. The lowest BCUT2D eigenvalue weighted by Gasteiger charge is -2.37. The number of carbonyl (C=O) groups is 1. The fourth-order valence-electron chi connectivity index (χ4n) is 4.79. The number of benzene rings is 2. The molecule has 1 saturated carbocycles. The molecule has 4 heteroatoms. The van der Waals surface area contributed by atoms with E-state index in [0.29, 0.717) is 6.04 Å². The highest BCUT2D eigenvalue weighted by Crippen LogP contribution is 2.49. The lowest BCUT2D eigenvalue weighted by atomic mass is 9.64. The summed E-state index contributed by atoms with van der Waals surface area (Å²) in [7, 11) is 0. The Kier molecular flexibility index (Phi) is 4.56. The van der Waals surface area contributed by atoms with Gasteiger partial charge in [0.15, 0.2) is 0 Å². The van der Waals surface area contributed by atoms with E-state index in [1.165, 1.54) is 0 Å². The van der Waals surface area contributed by atoms with E-state index in [0.717, 1.165) is 36.1 Å². The van der Waals surface area contributed by atoms with Gasteiger partial charge in [0.2, 0.25) is 5.91 Å². The van der Waals surface area contributed by atoms with Crippen molar-refractivity contribution in [3.63, 3.8) is 0 Å². The predicted molar refractivity (Wildman–Crippen MR) is 106 cm³/mol. The minimum Gasteiger partial charge on any atom is -0.369 e. The Morgan fingerprint density at radius 1 is 1.04 bits per heavy atom. The third-order valence-electron chi connectivity index (χ3n) is 6.02. The number of amides is 1. The molecule has 0 saturated heterocycles. The Balaban J connectivity index is 1.80. The van der Waals surface area contributed by atoms with E-state index in [2.05, 4.69) is 15.7 Å². The standard InChI is InChI=1S/C23H25N3O/c1-17-15-26(16-25-17)21-13-12-20(14-21)23(22(24)27,18-8-4-2-5-9-18)19-10-6-3-7-11-19/h2-11,15-16,20-21H,12-14H2,1H3,(H2,24,27). The molecule has 3 aromatic rings. The van der Waals surface area contributed by atoms with Crippen LogP contribution in [0.4, 0.5) is 0 Å². The van der Waals surface area contributed by atoms with Crippen LogP contribution in [0.5, 0.6) is 0 Å². The molecule has 1 aliphatic carbocycles. The van der Waals surface area contributed by atoms with Crippen molar-refractivity contribution in [3.8, 4) is 0 Å². The van der Waals surface area contributed by atoms with E-state index in [1.54, 1.807) is 0 Å². The van der Waals surface area contributed by atoms with Crippen LogP contribution in [-0.4, -0.2) is 15.5 Å². The minimum atomic E-state index is -0.813. The second-order valence-electron chi connectivity index (χ2n) is 7.53. The summed E-state index contributed by atoms with van der Waals surface area (Å²) in [6.45, 7) is 2.00. The number of hydrogen-bond acceptors (Lipinski definition) is 2. The molecule has 2 unspecified atom stereocenters. The van der Waals surface area contributed by atoms with Crippen molar-refractivity contribution in [2.24, 2.45) is 11.7 Å². The number of rotatable bonds is 5. The largest absolute Gasteiger partial charge is 0.369 e. The number of imidazole rings is 1. The van der Waals surface area contributed by atoms with Gasteiger partial charge in [0, 0.05) is 12.2 Å². The zero-order valence-corrected chi connectivity index (χ0v) is 15.6. The van der Waals surface area contributed by atoms with Gasteiger partial charge in [0.05, 0.1) is 12.0 Å². The van der Waals surface area contributed by atoms with Crippen molar-refractivity contribution < 1.29 is 4.79 Å². The van der Waals surface area contributed by atoms with E-state index in [1.807, 2.05) is 73.9 Å². The molecule has 0 aliphatic heterocycles. The van der Waals surface area contributed by atoms with Gasteiger partial charge in [-0.3, -0.25) is 4.79 Å². The number of aromatic nitrogens is 2. The maximum atomic E-state index is 13.1. The number of aryl methyl sites for hydroxylation is 1. The summed E-state index contributed by atoms with van der Waals surface area (Å²) in [6.07, 6.45) is 6.87. The van der Waals surface area contributed by atoms with Crippen molar-refractivity contribution in [2.75, 3.05) is 0 Å². The second kappa shape index (κ2) is 7.03.